The quantitative estimate of drug-likeness (QED) is 0.355. The van der Waals surface area contributed by atoms with E-state index < -0.39 is 11.9 Å². The monoisotopic (exact) mass is 501 g/mol. The predicted molar refractivity (Wildman–Crippen MR) is 138 cm³/mol. The van der Waals surface area contributed by atoms with E-state index in [0.29, 0.717) is 18.8 Å². The number of tetrazole rings is 1. The van der Waals surface area contributed by atoms with Crippen LogP contribution in [0.5, 0.6) is 0 Å². The first kappa shape index (κ1) is 24.6. The number of nitrogens with zero attached hydrogens (tertiary/aromatic N) is 6. The Labute approximate surface area is 214 Å². The molecule has 2 N–H and O–H groups in total. The molecule has 3 aromatic heterocycles. The fraction of sp³-hybridized carbons (Fsp3) is 0.407. The van der Waals surface area contributed by atoms with Crippen molar-refractivity contribution in [2.75, 3.05) is 0 Å². The van der Waals surface area contributed by atoms with Gasteiger partial charge < -0.3 is 5.11 Å². The molecule has 0 spiro atoms. The molecule has 0 saturated heterocycles. The number of hydrogen-bond acceptors (Lipinski definition) is 6. The first-order chi connectivity index (χ1) is 18.0. The number of aromatic amines is 1. The SMILES string of the molecule is CCCCc1cn(C2C(C)CCC2C(=O)O)c(=O)n1Cc1cnccc1-c1ccccc1-c1nn[nH]n1. The van der Waals surface area contributed by atoms with Gasteiger partial charge in [-0.05, 0) is 59.6 Å². The van der Waals surface area contributed by atoms with Crippen LogP contribution in [0, 0.1) is 11.8 Å². The summed E-state index contributed by atoms with van der Waals surface area (Å²) in [4.78, 5) is 30.2. The first-order valence-electron chi connectivity index (χ1n) is 12.8. The summed E-state index contributed by atoms with van der Waals surface area (Å²) in [6.07, 6.45) is 9.46. The van der Waals surface area contributed by atoms with Gasteiger partial charge in [0.25, 0.3) is 0 Å². The van der Waals surface area contributed by atoms with Crippen LogP contribution in [0.1, 0.15) is 56.8 Å². The van der Waals surface area contributed by atoms with Gasteiger partial charge in [0.2, 0.25) is 5.82 Å². The number of carbonyl (C=O) groups is 1. The maximum atomic E-state index is 13.8. The Morgan fingerprint density at radius 1 is 1.16 bits per heavy atom. The largest absolute Gasteiger partial charge is 0.481 e. The zero-order chi connectivity index (χ0) is 25.9. The highest BCUT2D eigenvalue weighted by molar-refractivity contribution is 5.81. The van der Waals surface area contributed by atoms with Gasteiger partial charge in [-0.2, -0.15) is 5.21 Å². The van der Waals surface area contributed by atoms with E-state index >= 15 is 0 Å². The zero-order valence-corrected chi connectivity index (χ0v) is 21.0. The smallest absolute Gasteiger partial charge is 0.328 e. The number of imidazole rings is 1. The molecule has 1 saturated carbocycles. The minimum Gasteiger partial charge on any atom is -0.481 e. The van der Waals surface area contributed by atoms with E-state index in [2.05, 4.69) is 32.5 Å². The summed E-state index contributed by atoms with van der Waals surface area (Å²) < 4.78 is 3.47. The third-order valence-corrected chi connectivity index (χ3v) is 7.48. The van der Waals surface area contributed by atoms with Crippen molar-refractivity contribution in [3.63, 3.8) is 0 Å². The van der Waals surface area contributed by atoms with Gasteiger partial charge >= 0.3 is 11.7 Å². The normalized spacial score (nSPS) is 19.4. The van der Waals surface area contributed by atoms with E-state index in [-0.39, 0.29) is 17.6 Å². The van der Waals surface area contributed by atoms with Crippen LogP contribution in [0.25, 0.3) is 22.5 Å². The van der Waals surface area contributed by atoms with Crippen LogP contribution >= 0.6 is 0 Å². The van der Waals surface area contributed by atoms with Gasteiger partial charge in [0, 0.05) is 29.8 Å². The number of carboxylic acids is 1. The summed E-state index contributed by atoms with van der Waals surface area (Å²) in [5, 5.41) is 24.3. The van der Waals surface area contributed by atoms with Crippen LogP contribution in [0.3, 0.4) is 0 Å². The van der Waals surface area contributed by atoms with Crippen LogP contribution in [0.2, 0.25) is 0 Å². The second kappa shape index (κ2) is 10.5. The van der Waals surface area contributed by atoms with Gasteiger partial charge in [0.1, 0.15) is 0 Å². The summed E-state index contributed by atoms with van der Waals surface area (Å²) in [5.41, 5.74) is 4.29. The van der Waals surface area contributed by atoms with E-state index in [4.69, 9.17) is 0 Å². The second-order valence-corrected chi connectivity index (χ2v) is 9.80. The third kappa shape index (κ3) is 4.71. The molecule has 192 valence electrons. The highest BCUT2D eigenvalue weighted by atomic mass is 16.4. The van der Waals surface area contributed by atoms with Gasteiger partial charge in [-0.15, -0.1) is 10.2 Å². The molecule has 37 heavy (non-hydrogen) atoms. The van der Waals surface area contributed by atoms with Gasteiger partial charge in [-0.25, -0.2) is 4.79 Å². The van der Waals surface area contributed by atoms with E-state index in [0.717, 1.165) is 53.6 Å². The van der Waals surface area contributed by atoms with Crippen LogP contribution in [0.15, 0.2) is 53.7 Å². The van der Waals surface area contributed by atoms with Crippen molar-refractivity contribution in [1.82, 2.24) is 34.7 Å². The van der Waals surface area contributed by atoms with Crippen LogP contribution in [-0.4, -0.2) is 45.8 Å². The van der Waals surface area contributed by atoms with Crippen molar-refractivity contribution in [2.24, 2.45) is 11.8 Å². The molecular weight excluding hydrogens is 470 g/mol. The number of unbranched alkanes of at least 4 members (excludes halogenated alkanes) is 1. The molecule has 0 radical (unpaired) electrons. The lowest BCUT2D eigenvalue weighted by Crippen LogP contribution is -2.34. The predicted octanol–water partition coefficient (Wildman–Crippen LogP) is 3.95. The van der Waals surface area contributed by atoms with E-state index in [1.807, 2.05) is 43.5 Å². The number of hydrogen-bond donors (Lipinski definition) is 2. The summed E-state index contributed by atoms with van der Waals surface area (Å²) in [6.45, 7) is 4.48. The molecule has 1 aromatic carbocycles. The van der Waals surface area contributed by atoms with Crippen molar-refractivity contribution < 1.29 is 9.90 Å². The molecule has 4 aromatic rings. The summed E-state index contributed by atoms with van der Waals surface area (Å²) in [7, 11) is 0. The number of nitrogens with one attached hydrogen (secondary N) is 1. The Morgan fingerprint density at radius 2 is 1.97 bits per heavy atom. The fourth-order valence-corrected chi connectivity index (χ4v) is 5.58. The van der Waals surface area contributed by atoms with Crippen LogP contribution < -0.4 is 5.69 Å². The Kier molecular flexibility index (Phi) is 6.98. The average Bonchev–Trinajstić information content (AvgIpc) is 3.64. The molecular formula is C27H31N7O3. The third-order valence-electron chi connectivity index (χ3n) is 7.48. The number of aliphatic carboxylic acids is 1. The number of carboxylic acid groups (broad SMARTS) is 1. The molecule has 1 fully saturated rings. The summed E-state index contributed by atoms with van der Waals surface area (Å²) in [5.74, 6) is -0.792. The van der Waals surface area contributed by atoms with Crippen molar-refractivity contribution in [1.29, 1.82) is 0 Å². The fourth-order valence-electron chi connectivity index (χ4n) is 5.58. The number of rotatable bonds is 9. The Morgan fingerprint density at radius 3 is 2.70 bits per heavy atom. The highest BCUT2D eigenvalue weighted by Gasteiger charge is 2.40. The van der Waals surface area contributed by atoms with Crippen LogP contribution in [0.4, 0.5) is 0 Å². The Balaban J connectivity index is 1.59. The van der Waals surface area contributed by atoms with Crippen LogP contribution in [-0.2, 0) is 17.8 Å². The lowest BCUT2D eigenvalue weighted by Gasteiger charge is -2.20. The minimum absolute atomic E-state index is 0.115. The van der Waals surface area contributed by atoms with E-state index in [1.54, 1.807) is 21.5 Å². The van der Waals surface area contributed by atoms with E-state index in [9.17, 15) is 14.7 Å². The molecule has 0 bridgehead atoms. The van der Waals surface area contributed by atoms with Gasteiger partial charge in [0.15, 0.2) is 0 Å². The zero-order valence-electron chi connectivity index (χ0n) is 21.0. The molecule has 1 aliphatic rings. The van der Waals surface area contributed by atoms with Gasteiger partial charge in [-0.3, -0.25) is 18.9 Å². The molecule has 10 nitrogen and oxygen atoms in total. The maximum absolute atomic E-state index is 13.8. The molecule has 3 heterocycles. The summed E-state index contributed by atoms with van der Waals surface area (Å²) in [6, 6.07) is 9.39. The topological polar surface area (TPSA) is 132 Å². The number of H-pyrrole nitrogens is 1. The van der Waals surface area contributed by atoms with Crippen molar-refractivity contribution in [3.8, 4) is 22.5 Å². The summed E-state index contributed by atoms with van der Waals surface area (Å²) >= 11 is 0. The average molecular weight is 502 g/mol. The molecule has 5 rings (SSSR count). The molecule has 1 aliphatic carbocycles. The number of pyridine rings is 1. The van der Waals surface area contributed by atoms with Crippen molar-refractivity contribution in [3.05, 3.63) is 70.7 Å². The second-order valence-electron chi connectivity index (χ2n) is 9.80. The van der Waals surface area contributed by atoms with E-state index in [1.165, 1.54) is 0 Å². The lowest BCUT2D eigenvalue weighted by molar-refractivity contribution is -0.142. The standard InChI is InChI=1S/C27H31N7O3/c1-3-4-7-19-16-34(24-17(2)10-11-23(24)26(35)36)27(37)33(19)15-18-14-28-13-12-20(18)21-8-5-6-9-22(21)25-29-31-32-30-25/h5-6,8-9,12-14,16-17,23-24H,3-4,7,10-11,15H2,1-2H3,(H,35,36)(H,29,30,31,32). The molecule has 0 amide bonds. The Hall–Kier alpha value is -4.08. The molecule has 10 heteroatoms. The number of benzene rings is 1. The molecule has 3 atom stereocenters. The molecule has 3 unspecified atom stereocenters. The van der Waals surface area contributed by atoms with Crippen molar-refractivity contribution in [2.45, 2.75) is 58.5 Å². The number of aryl methyl sites for hydroxylation is 1. The molecule has 0 aliphatic heterocycles. The lowest BCUT2D eigenvalue weighted by atomic mass is 9.96. The first-order valence-corrected chi connectivity index (χ1v) is 12.8. The van der Waals surface area contributed by atoms with Crippen molar-refractivity contribution >= 4 is 5.97 Å². The minimum atomic E-state index is -0.836. The van der Waals surface area contributed by atoms with Gasteiger partial charge in [-0.1, -0.05) is 44.5 Å². The van der Waals surface area contributed by atoms with Gasteiger partial charge in [0.05, 0.1) is 18.5 Å². The maximum Gasteiger partial charge on any atom is 0.328 e. The number of aromatic nitrogens is 7. The Bertz CT molecular complexity index is 1440. The highest BCUT2D eigenvalue weighted by Crippen LogP contribution is 2.40.